The highest BCUT2D eigenvalue weighted by Crippen LogP contribution is 2.24. The molecule has 0 saturated heterocycles. The highest BCUT2D eigenvalue weighted by atomic mass is 32.1. The molecule has 0 unspecified atom stereocenters. The molecule has 22 heavy (non-hydrogen) atoms. The Morgan fingerprint density at radius 3 is 2.82 bits per heavy atom. The second kappa shape index (κ2) is 8.66. The minimum absolute atomic E-state index is 0.0113. The Morgan fingerprint density at radius 2 is 2.09 bits per heavy atom. The molecule has 1 aromatic heterocycles. The fourth-order valence-electron chi connectivity index (χ4n) is 1.99. The van der Waals surface area contributed by atoms with E-state index in [1.807, 2.05) is 12.3 Å². The van der Waals surface area contributed by atoms with E-state index in [1.165, 1.54) is 5.56 Å². The van der Waals surface area contributed by atoms with E-state index >= 15 is 0 Å². The summed E-state index contributed by atoms with van der Waals surface area (Å²) in [7, 11) is 0. The van der Waals surface area contributed by atoms with Gasteiger partial charge in [-0.15, -0.1) is 11.3 Å². The van der Waals surface area contributed by atoms with Crippen molar-refractivity contribution in [3.63, 3.8) is 0 Å². The van der Waals surface area contributed by atoms with Gasteiger partial charge in [-0.05, 0) is 20.3 Å². The largest absolute Gasteiger partial charge is 0.382 e. The summed E-state index contributed by atoms with van der Waals surface area (Å²) in [5, 5.41) is 5.80. The first kappa shape index (κ1) is 16.6. The van der Waals surface area contributed by atoms with Crippen LogP contribution in [0, 0.1) is 6.92 Å². The van der Waals surface area contributed by atoms with Gasteiger partial charge in [-0.2, -0.15) is 0 Å². The van der Waals surface area contributed by atoms with Crippen molar-refractivity contribution in [1.82, 2.24) is 10.3 Å². The Labute approximate surface area is 135 Å². The highest BCUT2D eigenvalue weighted by Gasteiger charge is 2.08. The number of hydrogen-bond donors (Lipinski definition) is 1. The third-order valence-electron chi connectivity index (χ3n) is 3.18. The Bertz CT molecular complexity index is 593. The van der Waals surface area contributed by atoms with Crippen LogP contribution in [0.4, 0.5) is 0 Å². The number of aromatic nitrogens is 1. The van der Waals surface area contributed by atoms with Crippen molar-refractivity contribution in [1.29, 1.82) is 0 Å². The van der Waals surface area contributed by atoms with Crippen LogP contribution in [0.2, 0.25) is 0 Å². The molecule has 0 spiro atoms. The van der Waals surface area contributed by atoms with Crippen molar-refractivity contribution in [2.45, 2.75) is 26.7 Å². The van der Waals surface area contributed by atoms with Gasteiger partial charge in [-0.3, -0.25) is 4.79 Å². The zero-order valence-electron chi connectivity index (χ0n) is 13.1. The summed E-state index contributed by atoms with van der Waals surface area (Å²) in [5.41, 5.74) is 3.15. The zero-order chi connectivity index (χ0) is 15.8. The standard InChI is InChI=1S/C17H22N2O2S/c1-3-21-10-4-9-18-16(20)11-15-12-22-17(19-15)14-7-5-13(2)6-8-14/h5-8,12H,3-4,9-11H2,1-2H3,(H,18,20). The molecule has 1 amide bonds. The number of thiazole rings is 1. The van der Waals surface area contributed by atoms with Crippen molar-refractivity contribution in [2.75, 3.05) is 19.8 Å². The van der Waals surface area contributed by atoms with Gasteiger partial charge >= 0.3 is 0 Å². The number of carbonyl (C=O) groups is 1. The van der Waals surface area contributed by atoms with Crippen LogP contribution >= 0.6 is 11.3 Å². The van der Waals surface area contributed by atoms with Gasteiger partial charge < -0.3 is 10.1 Å². The summed E-state index contributed by atoms with van der Waals surface area (Å²) in [6.07, 6.45) is 1.17. The fourth-order valence-corrected chi connectivity index (χ4v) is 2.82. The van der Waals surface area contributed by atoms with E-state index in [1.54, 1.807) is 11.3 Å². The average molecular weight is 318 g/mol. The first-order valence-electron chi connectivity index (χ1n) is 7.55. The molecule has 1 aromatic carbocycles. The molecule has 0 fully saturated rings. The zero-order valence-corrected chi connectivity index (χ0v) is 13.9. The summed E-state index contributed by atoms with van der Waals surface area (Å²) in [6, 6.07) is 8.26. The third kappa shape index (κ3) is 5.24. The summed E-state index contributed by atoms with van der Waals surface area (Å²) in [4.78, 5) is 16.4. The SMILES string of the molecule is CCOCCCNC(=O)Cc1csc(-c2ccc(C)cc2)n1. The van der Waals surface area contributed by atoms with Crippen LogP contribution < -0.4 is 5.32 Å². The van der Waals surface area contributed by atoms with E-state index in [2.05, 4.69) is 41.5 Å². The molecule has 2 aromatic rings. The van der Waals surface area contributed by atoms with Crippen LogP contribution in [0.15, 0.2) is 29.6 Å². The van der Waals surface area contributed by atoms with Crippen LogP contribution in [-0.2, 0) is 16.0 Å². The summed E-state index contributed by atoms with van der Waals surface area (Å²) in [6.45, 7) is 6.08. The summed E-state index contributed by atoms with van der Waals surface area (Å²) in [5.74, 6) is 0.0113. The van der Waals surface area contributed by atoms with Gasteiger partial charge in [0, 0.05) is 30.7 Å². The summed E-state index contributed by atoms with van der Waals surface area (Å²) < 4.78 is 5.23. The lowest BCUT2D eigenvalue weighted by atomic mass is 10.2. The first-order chi connectivity index (χ1) is 10.7. The molecule has 118 valence electrons. The lowest BCUT2D eigenvalue weighted by molar-refractivity contribution is -0.120. The molecule has 0 saturated carbocycles. The van der Waals surface area contributed by atoms with Crippen molar-refractivity contribution in [3.8, 4) is 10.6 Å². The minimum atomic E-state index is 0.0113. The van der Waals surface area contributed by atoms with Gasteiger partial charge in [0.15, 0.2) is 0 Å². The first-order valence-corrected chi connectivity index (χ1v) is 8.43. The Hall–Kier alpha value is -1.72. The molecule has 1 heterocycles. The van der Waals surface area contributed by atoms with E-state index in [0.717, 1.165) is 22.7 Å². The monoisotopic (exact) mass is 318 g/mol. The molecule has 4 nitrogen and oxygen atoms in total. The van der Waals surface area contributed by atoms with Crippen LogP contribution in [0.3, 0.4) is 0 Å². The topological polar surface area (TPSA) is 51.2 Å². The number of hydrogen-bond acceptors (Lipinski definition) is 4. The maximum Gasteiger partial charge on any atom is 0.226 e. The average Bonchev–Trinajstić information content (AvgIpc) is 2.96. The summed E-state index contributed by atoms with van der Waals surface area (Å²) >= 11 is 1.57. The lowest BCUT2D eigenvalue weighted by Crippen LogP contribution is -2.26. The van der Waals surface area contributed by atoms with Crippen LogP contribution in [0.25, 0.3) is 10.6 Å². The number of aryl methyl sites for hydroxylation is 1. The van der Waals surface area contributed by atoms with Crippen molar-refractivity contribution >= 4 is 17.2 Å². The number of ether oxygens (including phenoxy) is 1. The molecule has 5 heteroatoms. The van der Waals surface area contributed by atoms with Crippen LogP contribution in [-0.4, -0.2) is 30.6 Å². The van der Waals surface area contributed by atoms with Crippen LogP contribution in [0.5, 0.6) is 0 Å². The molecule has 0 aliphatic rings. The Kier molecular flexibility index (Phi) is 6.55. The Balaban J connectivity index is 1.81. The number of carbonyl (C=O) groups excluding carboxylic acids is 1. The van der Waals surface area contributed by atoms with Crippen molar-refractivity contribution < 1.29 is 9.53 Å². The molecule has 0 aliphatic heterocycles. The second-order valence-corrected chi connectivity index (χ2v) is 5.95. The molecular formula is C17H22N2O2S. The quantitative estimate of drug-likeness (QED) is 0.760. The smallest absolute Gasteiger partial charge is 0.226 e. The number of nitrogens with one attached hydrogen (secondary N) is 1. The molecular weight excluding hydrogens is 296 g/mol. The molecule has 0 aliphatic carbocycles. The van der Waals surface area contributed by atoms with Crippen LogP contribution in [0.1, 0.15) is 24.6 Å². The third-order valence-corrected chi connectivity index (χ3v) is 4.12. The predicted molar refractivity (Wildman–Crippen MR) is 90.1 cm³/mol. The minimum Gasteiger partial charge on any atom is -0.382 e. The molecule has 0 radical (unpaired) electrons. The van der Waals surface area contributed by atoms with Crippen molar-refractivity contribution in [2.24, 2.45) is 0 Å². The lowest BCUT2D eigenvalue weighted by Gasteiger charge is -2.04. The van der Waals surface area contributed by atoms with Gasteiger partial charge in [-0.25, -0.2) is 4.98 Å². The highest BCUT2D eigenvalue weighted by molar-refractivity contribution is 7.13. The van der Waals surface area contributed by atoms with E-state index in [9.17, 15) is 4.79 Å². The van der Waals surface area contributed by atoms with E-state index < -0.39 is 0 Å². The van der Waals surface area contributed by atoms with Gasteiger partial charge in [0.2, 0.25) is 5.91 Å². The molecule has 1 N–H and O–H groups in total. The number of amides is 1. The Morgan fingerprint density at radius 1 is 1.32 bits per heavy atom. The van der Waals surface area contributed by atoms with Gasteiger partial charge in [-0.1, -0.05) is 29.8 Å². The van der Waals surface area contributed by atoms with Gasteiger partial charge in [0.25, 0.3) is 0 Å². The maximum absolute atomic E-state index is 11.8. The molecule has 2 rings (SSSR count). The molecule has 0 bridgehead atoms. The van der Waals surface area contributed by atoms with Gasteiger partial charge in [0.05, 0.1) is 12.1 Å². The number of nitrogens with zero attached hydrogens (tertiary/aromatic N) is 1. The fraction of sp³-hybridized carbons (Fsp3) is 0.412. The molecule has 0 atom stereocenters. The predicted octanol–water partition coefficient (Wildman–Crippen LogP) is 3.20. The second-order valence-electron chi connectivity index (χ2n) is 5.09. The maximum atomic E-state index is 11.8. The normalized spacial score (nSPS) is 10.6. The van der Waals surface area contributed by atoms with E-state index in [4.69, 9.17) is 4.74 Å². The number of rotatable bonds is 8. The van der Waals surface area contributed by atoms with E-state index in [-0.39, 0.29) is 5.91 Å². The van der Waals surface area contributed by atoms with Gasteiger partial charge in [0.1, 0.15) is 5.01 Å². The number of benzene rings is 1. The van der Waals surface area contributed by atoms with Crippen molar-refractivity contribution in [3.05, 3.63) is 40.9 Å². The van der Waals surface area contributed by atoms with E-state index in [0.29, 0.717) is 26.2 Å².